The zero-order valence-electron chi connectivity index (χ0n) is 60.1. The molecule has 1 saturated carbocycles. The summed E-state index contributed by atoms with van der Waals surface area (Å²) >= 11 is 0. The molecule has 0 spiro atoms. The van der Waals surface area contributed by atoms with E-state index in [1.807, 2.05) is 0 Å². The van der Waals surface area contributed by atoms with E-state index in [0.717, 1.165) is 167 Å². The minimum atomic E-state index is -0.451. The second kappa shape index (κ2) is 24.4. The Balaban J connectivity index is 0.912. The summed E-state index contributed by atoms with van der Waals surface area (Å²) < 4.78 is 30.6. The summed E-state index contributed by atoms with van der Waals surface area (Å²) in [5, 5.41) is 4.10. The molecule has 512 valence electrons. The van der Waals surface area contributed by atoms with Crippen molar-refractivity contribution in [2.75, 3.05) is 9.80 Å². The first-order chi connectivity index (χ1) is 53.2. The molecule has 6 nitrogen and oxygen atoms in total. The molecule has 6 heterocycles. The number of para-hydroxylation sites is 2. The fourth-order valence-corrected chi connectivity index (χ4v) is 19.5. The number of ether oxygens (including phenoxy) is 2. The Bertz CT molecular complexity index is 6320. The molecule has 22 rings (SSSR count). The van der Waals surface area contributed by atoms with Crippen LogP contribution in [0.4, 0.5) is 28.4 Å². The van der Waals surface area contributed by atoms with Crippen molar-refractivity contribution in [2.24, 2.45) is 0 Å². The maximum Gasteiger partial charge on any atom is 0.229 e. The fraction of sp³-hybridized carbons (Fsp3) is 0.100. The highest BCUT2D eigenvalue weighted by Gasteiger charge is 2.65. The van der Waals surface area contributed by atoms with Crippen LogP contribution in [0.3, 0.4) is 0 Å². The standard InChI is InChI=1S/C100H72B2N2O4/c1-100(2,3)71-58-82-92-83(59-71)104(96-76(66-39-21-9-22-40-66)55-70(63-33-15-6-16-34-63)56-77(96)67-41-23-10-24-42-67)84-60-89-94-99(108-98-80(50-52-88-91(98)73-44-26-28-46-86(73)106-88)101(94)79-49-51-87-90(97(79)107-89)72-43-25-27-45-85(72)105-87)93(84)102(92)78-48-47-68(61-29-11-4-12-30-61)57-81(78)103(82)95-74(64-35-17-7-18-36-64)53-69(62-31-13-5-14-32-62)54-75(95)65-37-19-8-20-38-65/h4-59,84,89,93-94,99H,60H2,1-3H3. The molecule has 15 aromatic carbocycles. The maximum atomic E-state index is 8.59. The third-order valence-electron chi connectivity index (χ3n) is 24.2. The highest BCUT2D eigenvalue weighted by molar-refractivity contribution is 6.92. The summed E-state index contributed by atoms with van der Waals surface area (Å²) in [6.45, 7) is 6.79. The van der Waals surface area contributed by atoms with Crippen LogP contribution < -0.4 is 41.1 Å². The first-order valence-corrected chi connectivity index (χ1v) is 38.1. The fourth-order valence-electron chi connectivity index (χ4n) is 19.5. The van der Waals surface area contributed by atoms with Crippen molar-refractivity contribution < 1.29 is 18.3 Å². The van der Waals surface area contributed by atoms with Gasteiger partial charge in [-0.1, -0.05) is 294 Å². The van der Waals surface area contributed by atoms with E-state index in [4.69, 9.17) is 18.3 Å². The molecule has 2 aromatic heterocycles. The first-order valence-electron chi connectivity index (χ1n) is 38.1. The molecule has 1 aliphatic carbocycles. The van der Waals surface area contributed by atoms with Gasteiger partial charge in [-0.3, -0.25) is 0 Å². The van der Waals surface area contributed by atoms with Gasteiger partial charge in [0.2, 0.25) is 13.4 Å². The largest absolute Gasteiger partial charge is 0.491 e. The van der Waals surface area contributed by atoms with E-state index in [0.29, 0.717) is 6.42 Å². The summed E-state index contributed by atoms with van der Waals surface area (Å²) in [6, 6.07) is 126. The summed E-state index contributed by atoms with van der Waals surface area (Å²) in [6.07, 6.45) is -0.134. The van der Waals surface area contributed by atoms with Crippen LogP contribution in [0.25, 0.3) is 122 Å². The number of furan rings is 2. The molecule has 17 aromatic rings. The number of anilines is 5. The van der Waals surface area contributed by atoms with Crippen LogP contribution in [-0.4, -0.2) is 31.7 Å². The molecule has 5 aliphatic rings. The summed E-state index contributed by atoms with van der Waals surface area (Å²) in [5.41, 5.74) is 30.6. The van der Waals surface area contributed by atoms with Gasteiger partial charge in [-0.25, -0.2) is 0 Å². The van der Waals surface area contributed by atoms with E-state index in [1.165, 1.54) is 22.2 Å². The Labute approximate surface area is 628 Å². The van der Waals surface area contributed by atoms with Crippen LogP contribution in [0.1, 0.15) is 32.8 Å². The molecule has 5 atom stereocenters. The van der Waals surface area contributed by atoms with E-state index in [2.05, 4.69) is 370 Å². The Morgan fingerprint density at radius 1 is 0.324 bits per heavy atom. The van der Waals surface area contributed by atoms with E-state index >= 15 is 0 Å². The lowest BCUT2D eigenvalue weighted by Crippen LogP contribution is -2.73. The van der Waals surface area contributed by atoms with Crippen molar-refractivity contribution in [3.05, 3.63) is 345 Å². The van der Waals surface area contributed by atoms with Gasteiger partial charge >= 0.3 is 0 Å². The van der Waals surface area contributed by atoms with Crippen LogP contribution in [0.2, 0.25) is 11.6 Å². The predicted octanol–water partition coefficient (Wildman–Crippen LogP) is 23.3. The highest BCUT2D eigenvalue weighted by Crippen LogP contribution is 2.62. The lowest BCUT2D eigenvalue weighted by Gasteiger charge is -2.60. The van der Waals surface area contributed by atoms with Gasteiger partial charge in [0.05, 0.1) is 28.3 Å². The maximum absolute atomic E-state index is 8.59. The Morgan fingerprint density at radius 3 is 1.20 bits per heavy atom. The molecule has 1 fully saturated rings. The van der Waals surface area contributed by atoms with Gasteiger partial charge in [0, 0.05) is 74.2 Å². The minimum absolute atomic E-state index is 0.155. The quantitative estimate of drug-likeness (QED) is 0.134. The molecule has 108 heavy (non-hydrogen) atoms. The van der Waals surface area contributed by atoms with Gasteiger partial charge in [-0.2, -0.15) is 0 Å². The minimum Gasteiger partial charge on any atom is -0.491 e. The number of hydrogen-bond donors (Lipinski definition) is 0. The van der Waals surface area contributed by atoms with Gasteiger partial charge < -0.3 is 28.1 Å². The average Bonchev–Trinajstić information content (AvgIpc) is 0.788. The topological polar surface area (TPSA) is 51.2 Å². The smallest absolute Gasteiger partial charge is 0.229 e. The Hall–Kier alpha value is -12.8. The van der Waals surface area contributed by atoms with E-state index in [9.17, 15) is 0 Å². The lowest BCUT2D eigenvalue weighted by atomic mass is 9.21. The van der Waals surface area contributed by atoms with Crippen LogP contribution >= 0.6 is 0 Å². The van der Waals surface area contributed by atoms with Crippen LogP contribution in [-0.2, 0) is 5.41 Å². The lowest BCUT2D eigenvalue weighted by molar-refractivity contribution is 0.0530. The van der Waals surface area contributed by atoms with Crippen LogP contribution in [0.15, 0.2) is 349 Å². The average molecular weight is 1390 g/mol. The predicted molar refractivity (Wildman–Crippen MR) is 449 cm³/mol. The third-order valence-corrected chi connectivity index (χ3v) is 24.2. The SMILES string of the molecule is CC(C)(C)c1cc2c3c(c1)N(c1c(-c4ccccc4)cc(-c4ccccc4)cc1-c1ccccc1)C1CC4Oc5c(ccc6oc7ccccc7c56)B5c6ccc7oc8ccccc8c7c6OC(C54)C1B3c1ccc(-c3ccccc3)cc1N2c1c(-c2ccccc2)cc(-c2ccccc2)cc1-c1ccccc1. The van der Waals surface area contributed by atoms with Crippen LogP contribution in [0.5, 0.6) is 11.5 Å². The second-order valence-corrected chi connectivity index (χ2v) is 31.1. The van der Waals surface area contributed by atoms with E-state index in [1.54, 1.807) is 0 Å². The van der Waals surface area contributed by atoms with Gasteiger partial charge in [0.25, 0.3) is 0 Å². The zero-order valence-corrected chi connectivity index (χ0v) is 60.1. The number of rotatable bonds is 9. The Morgan fingerprint density at radius 2 is 0.731 bits per heavy atom. The highest BCUT2D eigenvalue weighted by atomic mass is 16.5. The number of nitrogens with zero attached hydrogens (tertiary/aromatic N) is 2. The molecule has 0 radical (unpaired) electrons. The molecular weight excluding hydrogens is 1310 g/mol. The monoisotopic (exact) mass is 1390 g/mol. The molecule has 0 N–H and O–H groups in total. The third kappa shape index (κ3) is 9.68. The summed E-state index contributed by atoms with van der Waals surface area (Å²) in [7, 11) is 0. The summed E-state index contributed by atoms with van der Waals surface area (Å²) in [5.74, 6) is 1.37. The number of hydrogen-bond acceptors (Lipinski definition) is 6. The molecule has 4 aliphatic heterocycles. The molecule has 8 heteroatoms. The van der Waals surface area contributed by atoms with Crippen LogP contribution in [0, 0.1) is 0 Å². The molecular formula is C100H72B2N2O4. The first kappa shape index (κ1) is 62.6. The molecule has 0 saturated heterocycles. The van der Waals surface area contributed by atoms with E-state index < -0.39 is 6.10 Å². The second-order valence-electron chi connectivity index (χ2n) is 31.1. The number of fused-ring (bicyclic) bond motifs is 17. The van der Waals surface area contributed by atoms with E-state index in [-0.39, 0.29) is 42.6 Å². The van der Waals surface area contributed by atoms with Gasteiger partial charge in [0.1, 0.15) is 39.9 Å². The molecule has 0 bridgehead atoms. The molecule has 5 unspecified atom stereocenters. The zero-order chi connectivity index (χ0) is 71.5. The van der Waals surface area contributed by atoms with Crippen molar-refractivity contribution >= 4 is 108 Å². The van der Waals surface area contributed by atoms with Crippen molar-refractivity contribution in [1.82, 2.24) is 0 Å². The normalized spacial score (nSPS) is 17.3. The van der Waals surface area contributed by atoms with Crippen molar-refractivity contribution in [3.63, 3.8) is 0 Å². The van der Waals surface area contributed by atoms with Gasteiger partial charge in [0.15, 0.2) is 0 Å². The van der Waals surface area contributed by atoms with Crippen molar-refractivity contribution in [1.29, 1.82) is 0 Å². The van der Waals surface area contributed by atoms with Gasteiger partial charge in [-0.05, 0) is 155 Å². The van der Waals surface area contributed by atoms with Crippen molar-refractivity contribution in [3.8, 4) is 89.4 Å². The van der Waals surface area contributed by atoms with Gasteiger partial charge in [-0.15, -0.1) is 0 Å². The summed E-state index contributed by atoms with van der Waals surface area (Å²) in [4.78, 5) is 5.60. The Kier molecular flexibility index (Phi) is 14.1. The molecule has 0 amide bonds. The van der Waals surface area contributed by atoms with Crippen molar-refractivity contribution in [2.45, 2.75) is 62.5 Å². The number of benzene rings is 15.